The van der Waals surface area contributed by atoms with Gasteiger partial charge in [-0.2, -0.15) is 0 Å². The Hall–Kier alpha value is -3.27. The van der Waals surface area contributed by atoms with E-state index in [1.807, 2.05) is 36.6 Å². The number of aromatic nitrogens is 2. The zero-order chi connectivity index (χ0) is 27.8. The SMILES string of the molecule is CC(C)c1c(C(=O)NCCc2cccc(Cl)c2)nc(-c2ccc(F)cc2)n1CC[C@@H](O)C[C@@H](O)CC(=O)O. The fourth-order valence-corrected chi connectivity index (χ4v) is 4.57. The lowest BCUT2D eigenvalue weighted by Crippen LogP contribution is -2.27. The van der Waals surface area contributed by atoms with Crippen LogP contribution in [-0.2, 0) is 17.8 Å². The van der Waals surface area contributed by atoms with Crippen LogP contribution in [0.2, 0.25) is 5.02 Å². The summed E-state index contributed by atoms with van der Waals surface area (Å²) in [6.45, 7) is 4.48. The van der Waals surface area contributed by atoms with Crippen molar-refractivity contribution in [1.82, 2.24) is 14.9 Å². The van der Waals surface area contributed by atoms with E-state index in [9.17, 15) is 24.2 Å². The third-order valence-electron chi connectivity index (χ3n) is 6.10. The Labute approximate surface area is 226 Å². The number of rotatable bonds is 13. The number of nitrogens with zero attached hydrogens (tertiary/aromatic N) is 2. The molecule has 0 bridgehead atoms. The summed E-state index contributed by atoms with van der Waals surface area (Å²) in [6.07, 6.45) is -1.92. The van der Waals surface area contributed by atoms with Crippen molar-refractivity contribution in [3.8, 4) is 11.4 Å². The number of nitrogens with one attached hydrogen (secondary N) is 1. The van der Waals surface area contributed by atoms with Gasteiger partial charge in [-0.05, 0) is 67.1 Å². The number of carbonyl (C=O) groups is 2. The lowest BCUT2D eigenvalue weighted by molar-refractivity contribution is -0.139. The van der Waals surface area contributed by atoms with Crippen LogP contribution in [0.3, 0.4) is 0 Å². The molecule has 0 unspecified atom stereocenters. The first-order chi connectivity index (χ1) is 18.0. The maximum atomic E-state index is 13.6. The fraction of sp³-hybridized carbons (Fsp3) is 0.393. The van der Waals surface area contributed by atoms with Crippen LogP contribution in [0.15, 0.2) is 48.5 Å². The molecule has 0 aliphatic heterocycles. The quantitative estimate of drug-likeness (QED) is 0.252. The average molecular weight is 546 g/mol. The van der Waals surface area contributed by atoms with Crippen LogP contribution in [-0.4, -0.2) is 55.5 Å². The maximum Gasteiger partial charge on any atom is 0.305 e. The van der Waals surface area contributed by atoms with E-state index < -0.39 is 30.4 Å². The Morgan fingerprint density at radius 3 is 2.45 bits per heavy atom. The first-order valence-corrected chi connectivity index (χ1v) is 12.9. The number of carbonyl (C=O) groups excluding carboxylic acids is 1. The fourth-order valence-electron chi connectivity index (χ4n) is 4.35. The Kier molecular flexibility index (Phi) is 10.4. The molecule has 0 saturated carbocycles. The van der Waals surface area contributed by atoms with Gasteiger partial charge >= 0.3 is 5.97 Å². The molecular formula is C28H33ClFN3O5. The lowest BCUT2D eigenvalue weighted by Gasteiger charge is -2.19. The van der Waals surface area contributed by atoms with Crippen LogP contribution in [0.4, 0.5) is 4.39 Å². The Balaban J connectivity index is 1.85. The van der Waals surface area contributed by atoms with Crippen LogP contribution in [0, 0.1) is 5.82 Å². The second-order valence-electron chi connectivity index (χ2n) is 9.55. The number of aliphatic carboxylic acids is 1. The van der Waals surface area contributed by atoms with E-state index in [-0.39, 0.29) is 36.9 Å². The largest absolute Gasteiger partial charge is 0.481 e. The molecule has 2 aromatic carbocycles. The summed E-state index contributed by atoms with van der Waals surface area (Å²) in [5.41, 5.74) is 2.49. The molecule has 3 rings (SSSR count). The van der Waals surface area contributed by atoms with Gasteiger partial charge in [0, 0.05) is 23.7 Å². The van der Waals surface area contributed by atoms with Crippen LogP contribution >= 0.6 is 11.6 Å². The van der Waals surface area contributed by atoms with Crippen molar-refractivity contribution >= 4 is 23.5 Å². The molecule has 38 heavy (non-hydrogen) atoms. The molecular weight excluding hydrogens is 513 g/mol. The number of carboxylic acid groups (broad SMARTS) is 1. The molecule has 0 spiro atoms. The van der Waals surface area contributed by atoms with Crippen molar-refractivity contribution in [2.45, 2.75) is 64.2 Å². The van der Waals surface area contributed by atoms with E-state index in [2.05, 4.69) is 10.3 Å². The summed E-state index contributed by atoms with van der Waals surface area (Å²) in [6, 6.07) is 13.2. The molecule has 10 heteroatoms. The van der Waals surface area contributed by atoms with Crippen LogP contribution in [0.1, 0.15) is 60.8 Å². The van der Waals surface area contributed by atoms with E-state index in [1.165, 1.54) is 12.1 Å². The van der Waals surface area contributed by atoms with Crippen molar-refractivity contribution in [2.75, 3.05) is 6.54 Å². The summed E-state index contributed by atoms with van der Waals surface area (Å²) in [4.78, 5) is 28.7. The number of carboxylic acids is 1. The first-order valence-electron chi connectivity index (χ1n) is 12.5. The minimum atomic E-state index is -1.17. The molecule has 0 radical (unpaired) electrons. The van der Waals surface area contributed by atoms with Crippen LogP contribution < -0.4 is 5.32 Å². The van der Waals surface area contributed by atoms with Gasteiger partial charge in [-0.3, -0.25) is 9.59 Å². The van der Waals surface area contributed by atoms with Gasteiger partial charge in [0.2, 0.25) is 0 Å². The minimum Gasteiger partial charge on any atom is -0.481 e. The van der Waals surface area contributed by atoms with Gasteiger partial charge in [-0.15, -0.1) is 0 Å². The van der Waals surface area contributed by atoms with Crippen molar-refractivity contribution in [2.24, 2.45) is 0 Å². The van der Waals surface area contributed by atoms with E-state index in [0.717, 1.165) is 5.56 Å². The van der Waals surface area contributed by atoms with Crippen LogP contribution in [0.25, 0.3) is 11.4 Å². The third kappa shape index (κ3) is 8.11. The summed E-state index contributed by atoms with van der Waals surface area (Å²) in [7, 11) is 0. The van der Waals surface area contributed by atoms with Gasteiger partial charge in [-0.1, -0.05) is 37.6 Å². The lowest BCUT2D eigenvalue weighted by atomic mass is 10.0. The number of halogens is 2. The van der Waals surface area contributed by atoms with Gasteiger partial charge in [0.1, 0.15) is 17.3 Å². The van der Waals surface area contributed by atoms with Gasteiger partial charge in [0.25, 0.3) is 5.91 Å². The number of amides is 1. The number of benzene rings is 2. The highest BCUT2D eigenvalue weighted by molar-refractivity contribution is 6.30. The molecule has 0 fully saturated rings. The molecule has 204 valence electrons. The van der Waals surface area contributed by atoms with E-state index >= 15 is 0 Å². The van der Waals surface area contributed by atoms with Gasteiger partial charge in [0.15, 0.2) is 0 Å². The molecule has 1 heterocycles. The second kappa shape index (κ2) is 13.5. The average Bonchev–Trinajstić information content (AvgIpc) is 3.22. The van der Waals surface area contributed by atoms with Crippen LogP contribution in [0.5, 0.6) is 0 Å². The molecule has 3 aromatic rings. The molecule has 1 aromatic heterocycles. The molecule has 4 N–H and O–H groups in total. The molecule has 8 nitrogen and oxygen atoms in total. The van der Waals surface area contributed by atoms with Crippen molar-refractivity contribution < 1.29 is 29.3 Å². The number of imidazole rings is 1. The molecule has 2 atom stereocenters. The number of hydrogen-bond acceptors (Lipinski definition) is 5. The topological polar surface area (TPSA) is 125 Å². The van der Waals surface area contributed by atoms with E-state index in [4.69, 9.17) is 16.7 Å². The Morgan fingerprint density at radius 2 is 1.82 bits per heavy atom. The number of hydrogen-bond donors (Lipinski definition) is 4. The highest BCUT2D eigenvalue weighted by Gasteiger charge is 2.26. The smallest absolute Gasteiger partial charge is 0.305 e. The van der Waals surface area contributed by atoms with E-state index in [0.29, 0.717) is 35.1 Å². The summed E-state index contributed by atoms with van der Waals surface area (Å²) in [5, 5.41) is 32.7. The predicted molar refractivity (Wildman–Crippen MR) is 143 cm³/mol. The monoisotopic (exact) mass is 545 g/mol. The third-order valence-corrected chi connectivity index (χ3v) is 6.33. The summed E-state index contributed by atoms with van der Waals surface area (Å²) in [5.74, 6) is -1.56. The molecule has 0 aliphatic rings. The maximum absolute atomic E-state index is 13.6. The predicted octanol–water partition coefficient (Wildman–Crippen LogP) is 4.42. The van der Waals surface area contributed by atoms with Crippen molar-refractivity contribution in [1.29, 1.82) is 0 Å². The van der Waals surface area contributed by atoms with Gasteiger partial charge in [0.05, 0.1) is 24.3 Å². The van der Waals surface area contributed by atoms with Crippen molar-refractivity contribution in [3.05, 3.63) is 76.3 Å². The molecule has 0 saturated heterocycles. The number of aliphatic hydroxyl groups is 2. The first kappa shape index (κ1) is 29.3. The zero-order valence-corrected chi connectivity index (χ0v) is 22.2. The normalized spacial score (nSPS) is 12.9. The highest BCUT2D eigenvalue weighted by atomic mass is 35.5. The standard InChI is InChI=1S/C28H33ClFN3O5/c1-17(2)26-25(28(38)31-12-10-18-4-3-5-20(29)14-18)32-27(19-6-8-21(30)9-7-19)33(26)13-11-22(34)15-23(35)16-24(36)37/h3-9,14,17,22-23,34-35H,10-13,15-16H2,1-2H3,(H,31,38)(H,36,37)/t22-,23-/m1/s1. The molecule has 1 amide bonds. The van der Waals surface area contributed by atoms with Gasteiger partial charge in [-0.25, -0.2) is 9.37 Å². The zero-order valence-electron chi connectivity index (χ0n) is 21.4. The summed E-state index contributed by atoms with van der Waals surface area (Å²) >= 11 is 6.05. The minimum absolute atomic E-state index is 0.0965. The van der Waals surface area contributed by atoms with Crippen molar-refractivity contribution in [3.63, 3.8) is 0 Å². The molecule has 0 aliphatic carbocycles. The van der Waals surface area contributed by atoms with E-state index in [1.54, 1.807) is 18.2 Å². The number of aliphatic hydroxyl groups excluding tert-OH is 2. The summed E-state index contributed by atoms with van der Waals surface area (Å²) < 4.78 is 15.4. The highest BCUT2D eigenvalue weighted by Crippen LogP contribution is 2.29. The Morgan fingerprint density at radius 1 is 1.11 bits per heavy atom. The van der Waals surface area contributed by atoms with Gasteiger partial charge < -0.3 is 25.2 Å². The Bertz CT molecular complexity index is 1250. The second-order valence-corrected chi connectivity index (χ2v) is 9.98.